The van der Waals surface area contributed by atoms with E-state index >= 15 is 0 Å². The Morgan fingerprint density at radius 2 is 2.04 bits per heavy atom. The van der Waals surface area contributed by atoms with Gasteiger partial charge in [0.2, 0.25) is 5.91 Å². The van der Waals surface area contributed by atoms with Crippen LogP contribution in [0.3, 0.4) is 0 Å². The summed E-state index contributed by atoms with van der Waals surface area (Å²) < 4.78 is 12.2. The summed E-state index contributed by atoms with van der Waals surface area (Å²) in [6.45, 7) is 3.71. The third kappa shape index (κ3) is 2.98. The number of benzene rings is 2. The summed E-state index contributed by atoms with van der Waals surface area (Å²) in [6.07, 6.45) is 0.800. The molecule has 0 unspecified atom stereocenters. The lowest BCUT2D eigenvalue weighted by Crippen LogP contribution is -2.39. The molecule has 1 aliphatic heterocycles. The predicted octanol–water partition coefficient (Wildman–Crippen LogP) is 2.58. The maximum Gasteiger partial charge on any atom is 0.420 e. The number of hydrogen-bond acceptors (Lipinski definition) is 4. The van der Waals surface area contributed by atoms with E-state index < -0.39 is 5.76 Å². The van der Waals surface area contributed by atoms with Crippen LogP contribution >= 0.6 is 0 Å². The van der Waals surface area contributed by atoms with Crippen molar-refractivity contribution in [3.63, 3.8) is 0 Å². The molecule has 0 saturated heterocycles. The first-order valence-electron chi connectivity index (χ1n) is 8.76. The van der Waals surface area contributed by atoms with Gasteiger partial charge >= 0.3 is 5.76 Å². The standard InChI is InChI=1S/C20H20N2O4/c1-2-25-16-8-7-14-9-10-21(12-15(14)11-16)19(23)13-22-17-5-3-4-6-18(17)26-20(22)24/h3-8,11H,2,9-10,12-13H2,1H3. The van der Waals surface area contributed by atoms with E-state index in [1.54, 1.807) is 23.1 Å². The number of fused-ring (bicyclic) bond motifs is 2. The highest BCUT2D eigenvalue weighted by Crippen LogP contribution is 2.24. The Hall–Kier alpha value is -3.02. The Bertz CT molecular complexity index is 1020. The van der Waals surface area contributed by atoms with E-state index in [0.717, 1.165) is 17.7 Å². The van der Waals surface area contributed by atoms with Crippen molar-refractivity contribution in [1.29, 1.82) is 0 Å². The summed E-state index contributed by atoms with van der Waals surface area (Å²) in [5.74, 6) is 0.222. The number of para-hydroxylation sites is 2. The van der Waals surface area contributed by atoms with Crippen molar-refractivity contribution in [2.24, 2.45) is 0 Å². The van der Waals surface area contributed by atoms with E-state index in [9.17, 15) is 9.59 Å². The molecule has 0 aliphatic carbocycles. The molecule has 3 aromatic rings. The number of ether oxygens (including phenoxy) is 1. The van der Waals surface area contributed by atoms with Crippen molar-refractivity contribution in [2.45, 2.75) is 26.4 Å². The fourth-order valence-corrected chi connectivity index (χ4v) is 3.40. The molecule has 0 radical (unpaired) electrons. The third-order valence-corrected chi connectivity index (χ3v) is 4.72. The van der Waals surface area contributed by atoms with Crippen LogP contribution in [0.25, 0.3) is 11.1 Å². The minimum absolute atomic E-state index is 0.0175. The van der Waals surface area contributed by atoms with Crippen LogP contribution in [0.4, 0.5) is 0 Å². The Balaban J connectivity index is 1.55. The maximum atomic E-state index is 12.8. The molecule has 134 valence electrons. The topological polar surface area (TPSA) is 64.7 Å². The van der Waals surface area contributed by atoms with Crippen molar-refractivity contribution in [1.82, 2.24) is 9.47 Å². The lowest BCUT2D eigenvalue weighted by Gasteiger charge is -2.29. The lowest BCUT2D eigenvalue weighted by atomic mass is 9.99. The normalized spacial score (nSPS) is 13.7. The van der Waals surface area contributed by atoms with Gasteiger partial charge in [-0.05, 0) is 48.7 Å². The van der Waals surface area contributed by atoms with Gasteiger partial charge in [-0.3, -0.25) is 9.36 Å². The number of oxazole rings is 1. The zero-order valence-electron chi connectivity index (χ0n) is 14.6. The molecular formula is C20H20N2O4. The molecule has 0 atom stereocenters. The molecule has 0 saturated carbocycles. The molecule has 1 aliphatic rings. The van der Waals surface area contributed by atoms with E-state index in [2.05, 4.69) is 6.07 Å². The zero-order chi connectivity index (χ0) is 18.1. The van der Waals surface area contributed by atoms with Gasteiger partial charge in [-0.1, -0.05) is 18.2 Å². The van der Waals surface area contributed by atoms with Crippen molar-refractivity contribution in [3.8, 4) is 5.75 Å². The Labute approximate surface area is 150 Å². The van der Waals surface area contributed by atoms with Crippen molar-refractivity contribution in [3.05, 3.63) is 64.1 Å². The average Bonchev–Trinajstić information content (AvgIpc) is 2.97. The monoisotopic (exact) mass is 352 g/mol. The molecule has 26 heavy (non-hydrogen) atoms. The van der Waals surface area contributed by atoms with Gasteiger partial charge in [-0.25, -0.2) is 4.79 Å². The summed E-state index contributed by atoms with van der Waals surface area (Å²) in [7, 11) is 0. The van der Waals surface area contributed by atoms with E-state index in [-0.39, 0.29) is 12.5 Å². The molecule has 6 nitrogen and oxygen atoms in total. The van der Waals surface area contributed by atoms with Crippen LogP contribution in [-0.2, 0) is 24.3 Å². The molecular weight excluding hydrogens is 332 g/mol. The largest absolute Gasteiger partial charge is 0.494 e. The van der Waals surface area contributed by atoms with Crippen molar-refractivity contribution < 1.29 is 13.9 Å². The van der Waals surface area contributed by atoms with Gasteiger partial charge in [0.05, 0.1) is 12.1 Å². The molecule has 2 aromatic carbocycles. The predicted molar refractivity (Wildman–Crippen MR) is 97.2 cm³/mol. The van der Waals surface area contributed by atoms with Gasteiger partial charge in [0.25, 0.3) is 0 Å². The smallest absolute Gasteiger partial charge is 0.420 e. The number of carbonyl (C=O) groups is 1. The quantitative estimate of drug-likeness (QED) is 0.724. The Morgan fingerprint density at radius 3 is 2.88 bits per heavy atom. The highest BCUT2D eigenvalue weighted by Gasteiger charge is 2.23. The first-order valence-corrected chi connectivity index (χ1v) is 8.76. The van der Waals surface area contributed by atoms with Crippen molar-refractivity contribution in [2.75, 3.05) is 13.2 Å². The minimum atomic E-state index is -0.504. The second-order valence-electron chi connectivity index (χ2n) is 6.35. The van der Waals surface area contributed by atoms with Gasteiger partial charge in [-0.2, -0.15) is 0 Å². The van der Waals surface area contributed by atoms with Gasteiger partial charge in [0, 0.05) is 13.1 Å². The van der Waals surface area contributed by atoms with Crippen LogP contribution in [0, 0.1) is 0 Å². The average molecular weight is 352 g/mol. The molecule has 1 amide bonds. The summed E-state index contributed by atoms with van der Waals surface area (Å²) in [5.41, 5.74) is 3.47. The van der Waals surface area contributed by atoms with Crippen LogP contribution in [0.1, 0.15) is 18.1 Å². The van der Waals surface area contributed by atoms with Gasteiger partial charge in [0.1, 0.15) is 12.3 Å². The number of rotatable bonds is 4. The molecule has 0 fully saturated rings. The number of aromatic nitrogens is 1. The number of nitrogens with zero attached hydrogens (tertiary/aromatic N) is 2. The molecule has 0 spiro atoms. The molecule has 2 heterocycles. The van der Waals surface area contributed by atoms with E-state index in [1.807, 2.05) is 25.1 Å². The van der Waals surface area contributed by atoms with Crippen LogP contribution in [0.2, 0.25) is 0 Å². The van der Waals surface area contributed by atoms with Crippen LogP contribution in [0.5, 0.6) is 5.75 Å². The zero-order valence-corrected chi connectivity index (χ0v) is 14.6. The lowest BCUT2D eigenvalue weighted by molar-refractivity contribution is -0.132. The summed E-state index contributed by atoms with van der Waals surface area (Å²) in [6, 6.07) is 13.2. The summed E-state index contributed by atoms with van der Waals surface area (Å²) in [4.78, 5) is 26.6. The third-order valence-electron chi connectivity index (χ3n) is 4.72. The first kappa shape index (κ1) is 16.4. The maximum absolute atomic E-state index is 12.8. The van der Waals surface area contributed by atoms with Gasteiger partial charge in [0.15, 0.2) is 5.58 Å². The Kier molecular flexibility index (Phi) is 4.24. The van der Waals surface area contributed by atoms with E-state index in [4.69, 9.17) is 9.15 Å². The molecule has 6 heteroatoms. The van der Waals surface area contributed by atoms with Crippen LogP contribution in [-0.4, -0.2) is 28.5 Å². The minimum Gasteiger partial charge on any atom is -0.494 e. The highest BCUT2D eigenvalue weighted by molar-refractivity contribution is 5.79. The fraction of sp³-hybridized carbons (Fsp3) is 0.300. The second-order valence-corrected chi connectivity index (χ2v) is 6.35. The molecule has 0 bridgehead atoms. The highest BCUT2D eigenvalue weighted by atomic mass is 16.5. The second kappa shape index (κ2) is 6.71. The summed E-state index contributed by atoms with van der Waals surface area (Å²) >= 11 is 0. The fourth-order valence-electron chi connectivity index (χ4n) is 3.40. The van der Waals surface area contributed by atoms with Gasteiger partial charge < -0.3 is 14.1 Å². The number of carbonyl (C=O) groups excluding carboxylic acids is 1. The van der Waals surface area contributed by atoms with Crippen LogP contribution in [0.15, 0.2) is 51.7 Å². The first-order chi connectivity index (χ1) is 12.7. The van der Waals surface area contributed by atoms with Crippen molar-refractivity contribution >= 4 is 17.0 Å². The van der Waals surface area contributed by atoms with Crippen LogP contribution < -0.4 is 10.5 Å². The van der Waals surface area contributed by atoms with Gasteiger partial charge in [-0.15, -0.1) is 0 Å². The number of hydrogen-bond donors (Lipinski definition) is 0. The SMILES string of the molecule is CCOc1ccc2c(c1)CN(C(=O)Cn1c(=O)oc3ccccc31)CC2. The van der Waals surface area contributed by atoms with E-state index in [0.29, 0.717) is 30.8 Å². The van der Waals surface area contributed by atoms with E-state index in [1.165, 1.54) is 10.1 Å². The molecule has 0 N–H and O–H groups in total. The molecule has 1 aromatic heterocycles. The Morgan fingerprint density at radius 1 is 1.19 bits per heavy atom. The summed E-state index contributed by atoms with van der Waals surface area (Å²) in [5, 5.41) is 0. The number of amides is 1. The molecule has 4 rings (SSSR count).